The lowest BCUT2D eigenvalue weighted by Crippen LogP contribution is -2.37. The van der Waals surface area contributed by atoms with Crippen LogP contribution in [0.25, 0.3) is 0 Å². The van der Waals surface area contributed by atoms with E-state index in [0.717, 1.165) is 48.5 Å². The maximum Gasteiger partial charge on any atom is 0.255 e. The summed E-state index contributed by atoms with van der Waals surface area (Å²) in [6.07, 6.45) is 5.93. The summed E-state index contributed by atoms with van der Waals surface area (Å²) in [5.41, 5.74) is 5.23. The number of carbonyl (C=O) groups is 1. The molecule has 2 aromatic rings. The third kappa shape index (κ3) is 5.48. The van der Waals surface area contributed by atoms with Crippen LogP contribution in [0.4, 0.5) is 0 Å². The molecule has 1 aliphatic carbocycles. The van der Waals surface area contributed by atoms with Gasteiger partial charge in [-0.3, -0.25) is 4.79 Å². The molecule has 2 aliphatic rings. The number of thiophene rings is 1. The van der Waals surface area contributed by atoms with Gasteiger partial charge in [0, 0.05) is 53.7 Å². The molecule has 4 rings (SSSR count). The van der Waals surface area contributed by atoms with Gasteiger partial charge in [-0.15, -0.1) is 11.3 Å². The van der Waals surface area contributed by atoms with Crippen LogP contribution in [-0.2, 0) is 17.7 Å². The number of fused-ring (bicyclic) bond motifs is 1. The number of carbonyl (C=O) groups excluding carboxylic acids is 1. The molecule has 1 fully saturated rings. The standard InChI is InChI=1S/C29H43N3O3S/c1-18-16-19(2)30-28(35-7)24(18)17-32-13-12-25-26(29(32)33)21(4)27(36-25)20(3)22-8-10-23(11-9-22)31(5)14-15-34-6/h16,20,22-23H,8-15,17H2,1-7H3/t20-,22-,23-/m1/s1. The number of hydrogen-bond acceptors (Lipinski definition) is 6. The largest absolute Gasteiger partial charge is 0.481 e. The Hall–Kier alpha value is -1.96. The number of nitrogens with zero attached hydrogens (tertiary/aromatic N) is 3. The maximum absolute atomic E-state index is 13.7. The van der Waals surface area contributed by atoms with Gasteiger partial charge < -0.3 is 19.3 Å². The lowest BCUT2D eigenvalue weighted by Gasteiger charge is -2.36. The van der Waals surface area contributed by atoms with Crippen LogP contribution in [-0.4, -0.2) is 67.7 Å². The van der Waals surface area contributed by atoms with Crippen LogP contribution >= 0.6 is 11.3 Å². The summed E-state index contributed by atoms with van der Waals surface area (Å²) in [5, 5.41) is 0. The van der Waals surface area contributed by atoms with Crippen molar-refractivity contribution >= 4 is 17.2 Å². The minimum atomic E-state index is 0.161. The van der Waals surface area contributed by atoms with Gasteiger partial charge in [0.2, 0.25) is 5.88 Å². The fourth-order valence-electron chi connectivity index (χ4n) is 6.19. The first-order valence-corrected chi connectivity index (χ1v) is 14.2. The Balaban J connectivity index is 1.46. The van der Waals surface area contributed by atoms with Crippen LogP contribution in [0.15, 0.2) is 6.07 Å². The fraction of sp³-hybridized carbons (Fsp3) is 0.655. The molecule has 0 N–H and O–H groups in total. The molecule has 2 aromatic heterocycles. The first-order valence-electron chi connectivity index (χ1n) is 13.4. The van der Waals surface area contributed by atoms with Gasteiger partial charge in [-0.25, -0.2) is 4.98 Å². The number of likely N-dealkylation sites (N-methyl/N-ethyl adjacent to an activating group) is 1. The molecule has 7 heteroatoms. The molecule has 0 aromatic carbocycles. The van der Waals surface area contributed by atoms with Crippen LogP contribution in [0, 0.1) is 26.7 Å². The Labute approximate surface area is 221 Å². The molecule has 1 atom stereocenters. The third-order valence-corrected chi connectivity index (χ3v) is 10.0. The van der Waals surface area contributed by atoms with E-state index in [-0.39, 0.29) is 5.91 Å². The molecule has 0 bridgehead atoms. The second-order valence-electron chi connectivity index (χ2n) is 10.8. The molecule has 198 valence electrons. The van der Waals surface area contributed by atoms with Crippen molar-refractivity contribution in [2.45, 2.75) is 78.3 Å². The van der Waals surface area contributed by atoms with E-state index in [4.69, 9.17) is 9.47 Å². The van der Waals surface area contributed by atoms with E-state index < -0.39 is 0 Å². The van der Waals surface area contributed by atoms with Gasteiger partial charge in [0.25, 0.3) is 5.91 Å². The second-order valence-corrected chi connectivity index (χ2v) is 11.9. The Bertz CT molecular complexity index is 1070. The van der Waals surface area contributed by atoms with E-state index in [1.807, 2.05) is 23.2 Å². The Morgan fingerprint density at radius 1 is 1.19 bits per heavy atom. The number of aryl methyl sites for hydroxylation is 2. The van der Waals surface area contributed by atoms with Gasteiger partial charge in [-0.1, -0.05) is 6.92 Å². The predicted molar refractivity (Wildman–Crippen MR) is 146 cm³/mol. The maximum atomic E-state index is 13.7. The first-order chi connectivity index (χ1) is 17.2. The van der Waals surface area contributed by atoms with E-state index in [2.05, 4.69) is 43.8 Å². The summed E-state index contributed by atoms with van der Waals surface area (Å²) >= 11 is 1.90. The van der Waals surface area contributed by atoms with Crippen molar-refractivity contribution in [2.75, 3.05) is 41.0 Å². The first kappa shape index (κ1) is 27.1. The van der Waals surface area contributed by atoms with Gasteiger partial charge in [-0.2, -0.15) is 0 Å². The van der Waals surface area contributed by atoms with Crippen LogP contribution in [0.5, 0.6) is 5.88 Å². The number of amides is 1. The normalized spacial score (nSPS) is 21.1. The van der Waals surface area contributed by atoms with Crippen molar-refractivity contribution in [3.8, 4) is 5.88 Å². The lowest BCUT2D eigenvalue weighted by molar-refractivity contribution is 0.0726. The summed E-state index contributed by atoms with van der Waals surface area (Å²) in [6, 6.07) is 2.73. The highest BCUT2D eigenvalue weighted by Gasteiger charge is 2.34. The lowest BCUT2D eigenvalue weighted by atomic mass is 9.77. The van der Waals surface area contributed by atoms with Crippen molar-refractivity contribution in [3.63, 3.8) is 0 Å². The molecular formula is C29H43N3O3S. The predicted octanol–water partition coefficient (Wildman–Crippen LogP) is 5.52. The second kappa shape index (κ2) is 11.6. The summed E-state index contributed by atoms with van der Waals surface area (Å²) in [4.78, 5) is 25.4. The number of aromatic nitrogens is 1. The average Bonchev–Trinajstić information content (AvgIpc) is 3.21. The van der Waals surface area contributed by atoms with Crippen LogP contribution in [0.2, 0.25) is 0 Å². The van der Waals surface area contributed by atoms with Crippen molar-refractivity contribution < 1.29 is 14.3 Å². The van der Waals surface area contributed by atoms with Gasteiger partial charge in [-0.05, 0) is 82.5 Å². The number of ether oxygens (including phenoxy) is 2. The zero-order valence-corrected chi connectivity index (χ0v) is 24.0. The summed E-state index contributed by atoms with van der Waals surface area (Å²) in [7, 11) is 5.66. The van der Waals surface area contributed by atoms with E-state index in [1.165, 1.54) is 41.0 Å². The summed E-state index contributed by atoms with van der Waals surface area (Å²) < 4.78 is 10.8. The monoisotopic (exact) mass is 513 g/mol. The number of methoxy groups -OCH3 is 2. The van der Waals surface area contributed by atoms with Crippen molar-refractivity contribution in [1.82, 2.24) is 14.8 Å². The Morgan fingerprint density at radius 3 is 2.58 bits per heavy atom. The minimum absolute atomic E-state index is 0.161. The highest BCUT2D eigenvalue weighted by Crippen LogP contribution is 2.44. The quantitative estimate of drug-likeness (QED) is 0.442. The van der Waals surface area contributed by atoms with E-state index >= 15 is 0 Å². The topological polar surface area (TPSA) is 54.9 Å². The zero-order valence-electron chi connectivity index (χ0n) is 23.1. The van der Waals surface area contributed by atoms with Gasteiger partial charge in [0.1, 0.15) is 0 Å². The third-order valence-electron chi connectivity index (χ3n) is 8.48. The van der Waals surface area contributed by atoms with Crippen molar-refractivity contribution in [3.05, 3.63) is 43.8 Å². The molecule has 1 aliphatic heterocycles. The fourth-order valence-corrected chi connectivity index (χ4v) is 7.62. The van der Waals surface area contributed by atoms with Gasteiger partial charge >= 0.3 is 0 Å². The molecule has 1 amide bonds. The van der Waals surface area contributed by atoms with Crippen molar-refractivity contribution in [1.29, 1.82) is 0 Å². The molecule has 0 spiro atoms. The minimum Gasteiger partial charge on any atom is -0.481 e. The molecule has 0 saturated heterocycles. The molecule has 36 heavy (non-hydrogen) atoms. The summed E-state index contributed by atoms with van der Waals surface area (Å²) in [5.74, 6) is 1.98. The molecule has 3 heterocycles. The van der Waals surface area contributed by atoms with Gasteiger partial charge in [0.05, 0.1) is 25.8 Å². The van der Waals surface area contributed by atoms with Crippen LogP contribution < -0.4 is 4.74 Å². The highest BCUT2D eigenvalue weighted by molar-refractivity contribution is 7.12. The van der Waals surface area contributed by atoms with Crippen LogP contribution in [0.1, 0.15) is 81.0 Å². The number of rotatable bonds is 9. The molecule has 0 unspecified atom stereocenters. The summed E-state index contributed by atoms with van der Waals surface area (Å²) in [6.45, 7) is 11.7. The highest BCUT2D eigenvalue weighted by atomic mass is 32.1. The average molecular weight is 514 g/mol. The Morgan fingerprint density at radius 2 is 1.92 bits per heavy atom. The van der Waals surface area contributed by atoms with E-state index in [0.29, 0.717) is 30.3 Å². The van der Waals surface area contributed by atoms with Crippen molar-refractivity contribution in [2.24, 2.45) is 5.92 Å². The van der Waals surface area contributed by atoms with Gasteiger partial charge in [0.15, 0.2) is 0 Å². The number of pyridine rings is 1. The SMILES string of the molecule is COCCN(C)[C@H]1CC[C@H]([C@@H](C)c2sc3c(c2C)C(=O)N(Cc2c(C)cc(C)nc2OC)CC3)CC1. The molecule has 6 nitrogen and oxygen atoms in total. The molecular weight excluding hydrogens is 470 g/mol. The molecule has 1 saturated carbocycles. The smallest absolute Gasteiger partial charge is 0.255 e. The zero-order chi connectivity index (χ0) is 26.0. The Kier molecular flexibility index (Phi) is 8.74. The number of hydrogen-bond donors (Lipinski definition) is 0. The van der Waals surface area contributed by atoms with E-state index in [9.17, 15) is 4.79 Å². The van der Waals surface area contributed by atoms with Crippen LogP contribution in [0.3, 0.4) is 0 Å². The molecule has 0 radical (unpaired) electrons. The van der Waals surface area contributed by atoms with E-state index in [1.54, 1.807) is 14.2 Å².